The number of amides is 1. The number of aromatic amines is 1. The lowest BCUT2D eigenvalue weighted by atomic mass is 10.2. The van der Waals surface area contributed by atoms with E-state index in [-0.39, 0.29) is 16.6 Å². The van der Waals surface area contributed by atoms with Gasteiger partial charge in [-0.25, -0.2) is 4.98 Å². The predicted molar refractivity (Wildman–Crippen MR) is 99.4 cm³/mol. The maximum absolute atomic E-state index is 12.3. The second kappa shape index (κ2) is 8.39. The Kier molecular flexibility index (Phi) is 6.48. The molecule has 2 N–H and O–H groups in total. The van der Waals surface area contributed by atoms with Crippen LogP contribution in [0.25, 0.3) is 0 Å². The van der Waals surface area contributed by atoms with E-state index in [4.69, 9.17) is 28.5 Å². The van der Waals surface area contributed by atoms with Crippen LogP contribution >= 0.6 is 35.0 Å². The van der Waals surface area contributed by atoms with Gasteiger partial charge in [-0.05, 0) is 31.5 Å². The van der Waals surface area contributed by atoms with Crippen LogP contribution in [-0.2, 0) is 11.2 Å². The number of hydrogen-bond donors (Lipinski definition) is 2. The van der Waals surface area contributed by atoms with E-state index in [1.54, 1.807) is 32.0 Å². The number of aromatic nitrogens is 2. The Hall–Kier alpha value is -2.01. The molecule has 0 aliphatic carbocycles. The highest BCUT2D eigenvalue weighted by Gasteiger charge is 2.19. The molecular formula is C16H14Cl2N4O2S. The van der Waals surface area contributed by atoms with Crippen molar-refractivity contribution >= 4 is 46.6 Å². The zero-order valence-corrected chi connectivity index (χ0v) is 15.7. The van der Waals surface area contributed by atoms with Gasteiger partial charge in [0.2, 0.25) is 5.91 Å². The maximum atomic E-state index is 12.3. The molecule has 25 heavy (non-hydrogen) atoms. The summed E-state index contributed by atoms with van der Waals surface area (Å²) >= 11 is 13.0. The average molecular weight is 397 g/mol. The summed E-state index contributed by atoms with van der Waals surface area (Å²) in [5.41, 5.74) is 0.290. The van der Waals surface area contributed by atoms with Crippen molar-refractivity contribution in [1.29, 1.82) is 5.26 Å². The largest absolute Gasteiger partial charge is 0.324 e. The first-order valence-corrected chi connectivity index (χ1v) is 8.95. The first-order chi connectivity index (χ1) is 11.8. The SMILES string of the molecule is CCc1nc(SC(C)C(=O)Nc2cc(Cl)ccc2Cl)[nH]c(=O)c1C#N. The van der Waals surface area contributed by atoms with E-state index < -0.39 is 10.8 Å². The van der Waals surface area contributed by atoms with E-state index in [9.17, 15) is 9.59 Å². The van der Waals surface area contributed by atoms with Crippen molar-refractivity contribution in [2.24, 2.45) is 0 Å². The van der Waals surface area contributed by atoms with Crippen LogP contribution in [0.15, 0.2) is 28.2 Å². The fraction of sp³-hybridized carbons (Fsp3) is 0.250. The quantitative estimate of drug-likeness (QED) is 0.593. The zero-order valence-electron chi connectivity index (χ0n) is 13.4. The first-order valence-electron chi connectivity index (χ1n) is 7.31. The minimum absolute atomic E-state index is 0.00494. The molecule has 0 aliphatic heterocycles. The number of carbonyl (C=O) groups is 1. The molecule has 1 aromatic heterocycles. The molecule has 2 rings (SSSR count). The molecule has 130 valence electrons. The number of halogens is 2. The van der Waals surface area contributed by atoms with Crippen LogP contribution in [0.2, 0.25) is 10.0 Å². The second-order valence-corrected chi connectivity index (χ2v) is 7.20. The number of anilines is 1. The van der Waals surface area contributed by atoms with Gasteiger partial charge < -0.3 is 10.3 Å². The Morgan fingerprint density at radius 3 is 2.84 bits per heavy atom. The third-order valence-electron chi connectivity index (χ3n) is 3.26. The number of H-pyrrole nitrogens is 1. The van der Waals surface area contributed by atoms with E-state index in [1.165, 1.54) is 0 Å². The fourth-order valence-electron chi connectivity index (χ4n) is 1.97. The first kappa shape index (κ1) is 19.3. The van der Waals surface area contributed by atoms with Gasteiger partial charge in [0.05, 0.1) is 21.7 Å². The Morgan fingerprint density at radius 2 is 2.20 bits per heavy atom. The van der Waals surface area contributed by atoms with Crippen molar-refractivity contribution in [3.8, 4) is 6.07 Å². The number of aryl methyl sites for hydroxylation is 1. The number of nitriles is 1. The summed E-state index contributed by atoms with van der Waals surface area (Å²) in [4.78, 5) is 31.0. The van der Waals surface area contributed by atoms with Gasteiger partial charge in [0.15, 0.2) is 5.16 Å². The van der Waals surface area contributed by atoms with Gasteiger partial charge >= 0.3 is 0 Å². The van der Waals surface area contributed by atoms with Gasteiger partial charge in [-0.2, -0.15) is 5.26 Å². The minimum Gasteiger partial charge on any atom is -0.324 e. The number of hydrogen-bond acceptors (Lipinski definition) is 5. The number of nitrogens with zero attached hydrogens (tertiary/aromatic N) is 2. The molecule has 1 aromatic carbocycles. The average Bonchev–Trinajstić information content (AvgIpc) is 2.57. The van der Waals surface area contributed by atoms with Crippen LogP contribution in [0.4, 0.5) is 5.69 Å². The topological polar surface area (TPSA) is 98.6 Å². The molecular weight excluding hydrogens is 383 g/mol. The smallest absolute Gasteiger partial charge is 0.269 e. The van der Waals surface area contributed by atoms with Gasteiger partial charge in [0.25, 0.3) is 5.56 Å². The maximum Gasteiger partial charge on any atom is 0.269 e. The highest BCUT2D eigenvalue weighted by atomic mass is 35.5. The number of carbonyl (C=O) groups excluding carboxylic acids is 1. The molecule has 0 aliphatic rings. The molecule has 1 heterocycles. The standard InChI is InChI=1S/C16H14Cl2N4O2S/c1-3-12-10(7-19)15(24)22-16(21-12)25-8(2)14(23)20-13-6-9(17)4-5-11(13)18/h4-6,8H,3H2,1-2H3,(H,20,23)(H,21,22,24). The Balaban J connectivity index is 2.16. The number of rotatable bonds is 5. The van der Waals surface area contributed by atoms with Crippen LogP contribution in [0, 0.1) is 11.3 Å². The monoisotopic (exact) mass is 396 g/mol. The zero-order chi connectivity index (χ0) is 18.6. The Labute approximate surface area is 158 Å². The molecule has 0 spiro atoms. The fourth-order valence-corrected chi connectivity index (χ4v) is 3.12. The molecule has 1 atom stereocenters. The molecule has 0 saturated heterocycles. The minimum atomic E-state index is -0.559. The van der Waals surface area contributed by atoms with E-state index in [2.05, 4.69) is 15.3 Å². The van der Waals surface area contributed by atoms with Crippen LogP contribution in [0.3, 0.4) is 0 Å². The Morgan fingerprint density at radius 1 is 1.48 bits per heavy atom. The van der Waals surface area contributed by atoms with Crippen molar-refractivity contribution in [1.82, 2.24) is 9.97 Å². The molecule has 0 radical (unpaired) electrons. The van der Waals surface area contributed by atoms with Crippen molar-refractivity contribution in [2.75, 3.05) is 5.32 Å². The summed E-state index contributed by atoms with van der Waals surface area (Å²) in [5.74, 6) is -0.320. The molecule has 0 bridgehead atoms. The van der Waals surface area contributed by atoms with E-state index in [0.717, 1.165) is 11.8 Å². The number of benzene rings is 1. The molecule has 1 unspecified atom stereocenters. The van der Waals surface area contributed by atoms with Crippen molar-refractivity contribution in [3.05, 3.63) is 49.9 Å². The summed E-state index contributed by atoms with van der Waals surface area (Å²) < 4.78 is 0. The molecule has 0 saturated carbocycles. The van der Waals surface area contributed by atoms with Crippen LogP contribution in [0.5, 0.6) is 0 Å². The molecule has 6 nitrogen and oxygen atoms in total. The van der Waals surface area contributed by atoms with E-state index in [1.807, 2.05) is 6.07 Å². The second-order valence-electron chi connectivity index (χ2n) is 5.03. The summed E-state index contributed by atoms with van der Waals surface area (Å²) in [6, 6.07) is 6.60. The van der Waals surface area contributed by atoms with E-state index >= 15 is 0 Å². The van der Waals surface area contributed by atoms with Gasteiger partial charge in [-0.15, -0.1) is 0 Å². The lowest BCUT2D eigenvalue weighted by Gasteiger charge is -2.13. The van der Waals surface area contributed by atoms with Gasteiger partial charge in [0.1, 0.15) is 11.6 Å². The molecule has 2 aromatic rings. The van der Waals surface area contributed by atoms with Crippen LogP contribution in [0.1, 0.15) is 25.1 Å². The lowest BCUT2D eigenvalue weighted by Crippen LogP contribution is -2.24. The third kappa shape index (κ3) is 4.75. The highest BCUT2D eigenvalue weighted by molar-refractivity contribution is 8.00. The summed E-state index contributed by atoms with van der Waals surface area (Å²) in [5, 5.41) is 12.2. The lowest BCUT2D eigenvalue weighted by molar-refractivity contribution is -0.115. The highest BCUT2D eigenvalue weighted by Crippen LogP contribution is 2.27. The summed E-state index contributed by atoms with van der Waals surface area (Å²) in [6.07, 6.45) is 0.444. The van der Waals surface area contributed by atoms with Gasteiger partial charge in [-0.3, -0.25) is 9.59 Å². The van der Waals surface area contributed by atoms with Gasteiger partial charge in [0, 0.05) is 5.02 Å². The predicted octanol–water partition coefficient (Wildman–Crippen LogP) is 3.63. The van der Waals surface area contributed by atoms with E-state index in [0.29, 0.717) is 27.8 Å². The summed E-state index contributed by atoms with van der Waals surface area (Å²) in [7, 11) is 0. The van der Waals surface area contributed by atoms with Crippen molar-refractivity contribution < 1.29 is 4.79 Å². The molecule has 0 fully saturated rings. The van der Waals surface area contributed by atoms with Crippen LogP contribution < -0.4 is 10.9 Å². The molecule has 9 heteroatoms. The summed E-state index contributed by atoms with van der Waals surface area (Å²) in [6.45, 7) is 3.47. The van der Waals surface area contributed by atoms with Gasteiger partial charge in [-0.1, -0.05) is 41.9 Å². The van der Waals surface area contributed by atoms with Crippen molar-refractivity contribution in [2.45, 2.75) is 30.7 Å². The molecule has 1 amide bonds. The Bertz CT molecular complexity index is 908. The van der Waals surface area contributed by atoms with Crippen molar-refractivity contribution in [3.63, 3.8) is 0 Å². The number of thioether (sulfide) groups is 1. The van der Waals surface area contributed by atoms with Crippen LogP contribution in [-0.4, -0.2) is 21.1 Å². The normalized spacial score (nSPS) is 11.6. The third-order valence-corrected chi connectivity index (χ3v) is 4.81. The number of nitrogens with one attached hydrogen (secondary N) is 2.